The standard InChI is InChI=1S/C24H17Br2ClFN3O2/c25-18-4-1-2-7-22(18)33-14-15-8-10-16(11-9-15)24(32)29-23-19(26)13-31(30-23)12-17-20(27)5-3-6-21(17)28/h1-11,13H,12,14H2,(H,29,30,32). The van der Waals surface area contributed by atoms with Crippen molar-refractivity contribution >= 4 is 55.2 Å². The average molecular weight is 594 g/mol. The van der Waals surface area contributed by atoms with E-state index in [0.717, 1.165) is 15.8 Å². The first kappa shape index (κ1) is 23.5. The molecule has 0 atom stereocenters. The highest BCUT2D eigenvalue weighted by atomic mass is 79.9. The lowest BCUT2D eigenvalue weighted by molar-refractivity contribution is 0.102. The van der Waals surface area contributed by atoms with Crippen LogP contribution in [0.3, 0.4) is 0 Å². The summed E-state index contributed by atoms with van der Waals surface area (Å²) in [7, 11) is 0. The highest BCUT2D eigenvalue weighted by Crippen LogP contribution is 2.26. The van der Waals surface area contributed by atoms with Gasteiger partial charge in [-0.05, 0) is 73.8 Å². The van der Waals surface area contributed by atoms with Crippen molar-refractivity contribution in [3.63, 3.8) is 0 Å². The van der Waals surface area contributed by atoms with Crippen LogP contribution < -0.4 is 10.1 Å². The van der Waals surface area contributed by atoms with Crippen molar-refractivity contribution in [2.45, 2.75) is 13.2 Å². The predicted molar refractivity (Wildman–Crippen MR) is 133 cm³/mol. The molecular formula is C24H17Br2ClFN3O2. The molecule has 0 aliphatic rings. The fourth-order valence-electron chi connectivity index (χ4n) is 3.06. The van der Waals surface area contributed by atoms with E-state index in [4.69, 9.17) is 16.3 Å². The number of amides is 1. The maximum atomic E-state index is 14.1. The third kappa shape index (κ3) is 5.82. The summed E-state index contributed by atoms with van der Waals surface area (Å²) in [5, 5.41) is 7.41. The van der Waals surface area contributed by atoms with Gasteiger partial charge >= 0.3 is 0 Å². The predicted octanol–water partition coefficient (Wildman–Crippen LogP) is 7.08. The number of ether oxygens (including phenoxy) is 1. The molecule has 5 nitrogen and oxygen atoms in total. The second-order valence-electron chi connectivity index (χ2n) is 7.09. The fraction of sp³-hybridized carbons (Fsp3) is 0.0833. The number of nitrogens with zero attached hydrogens (tertiary/aromatic N) is 2. The number of anilines is 1. The fourth-order valence-corrected chi connectivity index (χ4v) is 4.10. The van der Waals surface area contributed by atoms with Crippen LogP contribution in [0.25, 0.3) is 0 Å². The van der Waals surface area contributed by atoms with Crippen molar-refractivity contribution in [1.29, 1.82) is 0 Å². The van der Waals surface area contributed by atoms with E-state index in [9.17, 15) is 9.18 Å². The number of benzene rings is 3. The third-order valence-corrected chi connectivity index (χ3v) is 6.37. The summed E-state index contributed by atoms with van der Waals surface area (Å²) >= 11 is 12.9. The van der Waals surface area contributed by atoms with Gasteiger partial charge in [0.2, 0.25) is 0 Å². The van der Waals surface area contributed by atoms with Gasteiger partial charge in [-0.25, -0.2) is 4.39 Å². The van der Waals surface area contributed by atoms with Gasteiger partial charge in [0, 0.05) is 22.3 Å². The lowest BCUT2D eigenvalue weighted by atomic mass is 10.1. The maximum Gasteiger partial charge on any atom is 0.256 e. The van der Waals surface area contributed by atoms with E-state index in [-0.39, 0.29) is 12.5 Å². The highest BCUT2D eigenvalue weighted by molar-refractivity contribution is 9.11. The molecule has 33 heavy (non-hydrogen) atoms. The summed E-state index contributed by atoms with van der Waals surface area (Å²) in [6, 6.07) is 19.2. The Labute approximate surface area is 211 Å². The smallest absolute Gasteiger partial charge is 0.256 e. The number of halogens is 4. The number of hydrogen-bond acceptors (Lipinski definition) is 3. The molecule has 0 spiro atoms. The molecule has 0 unspecified atom stereocenters. The molecule has 1 amide bonds. The van der Waals surface area contributed by atoms with Crippen molar-refractivity contribution in [2.24, 2.45) is 0 Å². The van der Waals surface area contributed by atoms with Crippen LogP contribution in [0.4, 0.5) is 10.2 Å². The summed E-state index contributed by atoms with van der Waals surface area (Å²) in [5.74, 6) is 0.344. The van der Waals surface area contributed by atoms with E-state index < -0.39 is 5.82 Å². The maximum absolute atomic E-state index is 14.1. The quantitative estimate of drug-likeness (QED) is 0.249. The number of nitrogens with one attached hydrogen (secondary N) is 1. The van der Waals surface area contributed by atoms with Gasteiger partial charge in [-0.3, -0.25) is 9.48 Å². The van der Waals surface area contributed by atoms with Crippen LogP contribution in [-0.2, 0) is 13.2 Å². The largest absolute Gasteiger partial charge is 0.488 e. The van der Waals surface area contributed by atoms with Gasteiger partial charge in [-0.15, -0.1) is 0 Å². The van der Waals surface area contributed by atoms with Crippen molar-refractivity contribution < 1.29 is 13.9 Å². The zero-order valence-corrected chi connectivity index (χ0v) is 21.0. The number of carbonyl (C=O) groups is 1. The Kier molecular flexibility index (Phi) is 7.47. The summed E-state index contributed by atoms with van der Waals surface area (Å²) in [5.41, 5.74) is 1.72. The van der Waals surface area contributed by atoms with E-state index in [0.29, 0.717) is 33.0 Å². The first-order chi connectivity index (χ1) is 15.9. The Balaban J connectivity index is 1.39. The van der Waals surface area contributed by atoms with Gasteiger partial charge in [0.05, 0.1) is 15.5 Å². The van der Waals surface area contributed by atoms with Gasteiger partial charge < -0.3 is 10.1 Å². The van der Waals surface area contributed by atoms with E-state index in [1.54, 1.807) is 30.5 Å². The minimum absolute atomic E-state index is 0.131. The van der Waals surface area contributed by atoms with Gasteiger partial charge in [-0.1, -0.05) is 41.9 Å². The SMILES string of the molecule is O=C(Nc1nn(Cc2c(F)cccc2Cl)cc1Br)c1ccc(COc2ccccc2Br)cc1. The third-order valence-electron chi connectivity index (χ3n) is 4.78. The first-order valence-electron chi connectivity index (χ1n) is 9.84. The molecule has 0 aliphatic carbocycles. The lowest BCUT2D eigenvalue weighted by Crippen LogP contribution is -2.13. The van der Waals surface area contributed by atoms with Crippen LogP contribution in [0.15, 0.2) is 81.9 Å². The lowest BCUT2D eigenvalue weighted by Gasteiger charge is -2.09. The molecular weight excluding hydrogens is 577 g/mol. The minimum Gasteiger partial charge on any atom is -0.488 e. The van der Waals surface area contributed by atoms with Crippen LogP contribution >= 0.6 is 43.5 Å². The minimum atomic E-state index is -0.414. The van der Waals surface area contributed by atoms with Gasteiger partial charge in [-0.2, -0.15) is 5.10 Å². The Bertz CT molecular complexity index is 1280. The Morgan fingerprint density at radius 2 is 1.79 bits per heavy atom. The van der Waals surface area contributed by atoms with Crippen LogP contribution in [0.1, 0.15) is 21.5 Å². The van der Waals surface area contributed by atoms with Gasteiger partial charge in [0.1, 0.15) is 18.2 Å². The summed E-state index contributed by atoms with van der Waals surface area (Å²) < 4.78 is 22.8. The molecule has 0 aliphatic heterocycles. The Hall–Kier alpha value is -2.68. The van der Waals surface area contributed by atoms with E-state index in [1.807, 2.05) is 36.4 Å². The second kappa shape index (κ2) is 10.5. The van der Waals surface area contributed by atoms with Crippen LogP contribution in [0.2, 0.25) is 5.02 Å². The van der Waals surface area contributed by atoms with E-state index >= 15 is 0 Å². The summed E-state index contributed by atoms with van der Waals surface area (Å²) in [6.45, 7) is 0.505. The monoisotopic (exact) mass is 591 g/mol. The molecule has 0 bridgehead atoms. The average Bonchev–Trinajstić information content (AvgIpc) is 3.15. The zero-order valence-electron chi connectivity index (χ0n) is 17.1. The molecule has 4 rings (SSSR count). The molecule has 0 saturated carbocycles. The number of hydrogen-bond donors (Lipinski definition) is 1. The second-order valence-corrected chi connectivity index (χ2v) is 9.21. The normalized spacial score (nSPS) is 10.8. The highest BCUT2D eigenvalue weighted by Gasteiger charge is 2.14. The van der Waals surface area contributed by atoms with E-state index in [1.165, 1.54) is 10.7 Å². The van der Waals surface area contributed by atoms with Gasteiger partial charge in [0.25, 0.3) is 5.91 Å². The molecule has 9 heteroatoms. The van der Waals surface area contributed by atoms with Crippen molar-refractivity contribution in [3.05, 3.63) is 109 Å². The molecule has 0 saturated heterocycles. The molecule has 1 heterocycles. The van der Waals surface area contributed by atoms with Crippen molar-refractivity contribution in [2.75, 3.05) is 5.32 Å². The molecule has 4 aromatic rings. The molecule has 1 N–H and O–H groups in total. The molecule has 0 fully saturated rings. The molecule has 1 aromatic heterocycles. The number of para-hydroxylation sites is 1. The summed E-state index contributed by atoms with van der Waals surface area (Å²) in [6.07, 6.45) is 1.65. The summed E-state index contributed by atoms with van der Waals surface area (Å²) in [4.78, 5) is 12.7. The number of aromatic nitrogens is 2. The van der Waals surface area contributed by atoms with Crippen LogP contribution in [0, 0.1) is 5.82 Å². The first-order valence-corrected chi connectivity index (χ1v) is 11.8. The Morgan fingerprint density at radius 3 is 2.52 bits per heavy atom. The van der Waals surface area contributed by atoms with Crippen molar-refractivity contribution in [3.8, 4) is 5.75 Å². The topological polar surface area (TPSA) is 56.2 Å². The van der Waals surface area contributed by atoms with Crippen LogP contribution in [0.5, 0.6) is 5.75 Å². The molecule has 0 radical (unpaired) electrons. The molecule has 3 aromatic carbocycles. The number of rotatable bonds is 7. The van der Waals surface area contributed by atoms with Gasteiger partial charge in [0.15, 0.2) is 5.82 Å². The van der Waals surface area contributed by atoms with Crippen molar-refractivity contribution in [1.82, 2.24) is 9.78 Å². The van der Waals surface area contributed by atoms with Crippen LogP contribution in [-0.4, -0.2) is 15.7 Å². The Morgan fingerprint density at radius 1 is 1.03 bits per heavy atom. The molecule has 168 valence electrons. The van der Waals surface area contributed by atoms with E-state index in [2.05, 4.69) is 42.3 Å². The number of carbonyl (C=O) groups excluding carboxylic acids is 1. The zero-order chi connectivity index (χ0) is 23.4.